The van der Waals surface area contributed by atoms with E-state index < -0.39 is 5.82 Å². The first-order valence-corrected chi connectivity index (χ1v) is 5.68. The van der Waals surface area contributed by atoms with Crippen molar-refractivity contribution < 1.29 is 13.9 Å². The highest BCUT2D eigenvalue weighted by atomic mass is 35.5. The molecule has 0 aliphatic carbocycles. The van der Waals surface area contributed by atoms with E-state index in [2.05, 4.69) is 0 Å². The number of aldehydes is 1. The van der Waals surface area contributed by atoms with Crippen LogP contribution in [-0.2, 0) is 0 Å². The second-order valence-corrected chi connectivity index (χ2v) is 4.17. The molecule has 0 radical (unpaired) electrons. The molecule has 18 heavy (non-hydrogen) atoms. The summed E-state index contributed by atoms with van der Waals surface area (Å²) in [5, 5.41) is 0.274. The Morgan fingerprint density at radius 3 is 2.56 bits per heavy atom. The van der Waals surface area contributed by atoms with Crippen LogP contribution in [0.2, 0.25) is 5.02 Å². The van der Waals surface area contributed by atoms with E-state index in [1.165, 1.54) is 6.07 Å². The molecule has 0 aliphatic rings. The number of hydrogen-bond donors (Lipinski definition) is 0. The van der Waals surface area contributed by atoms with Gasteiger partial charge in [-0.2, -0.15) is 0 Å². The molecule has 2 rings (SSSR count). The zero-order chi connectivity index (χ0) is 13.1. The van der Waals surface area contributed by atoms with Crippen molar-refractivity contribution in [3.63, 3.8) is 0 Å². The van der Waals surface area contributed by atoms with Gasteiger partial charge in [0, 0.05) is 0 Å². The SMILES string of the molecule is Cc1cccc(Oc2cccc(Cl)c2C=O)c1F. The molecule has 0 unspecified atom stereocenters. The Kier molecular flexibility index (Phi) is 3.63. The first-order valence-electron chi connectivity index (χ1n) is 5.30. The summed E-state index contributed by atoms with van der Waals surface area (Å²) in [5.41, 5.74) is 0.683. The predicted octanol–water partition coefficient (Wildman–Crippen LogP) is 4.39. The average Bonchev–Trinajstić information content (AvgIpc) is 2.35. The van der Waals surface area contributed by atoms with Gasteiger partial charge in [-0.15, -0.1) is 0 Å². The fourth-order valence-electron chi connectivity index (χ4n) is 1.54. The molecule has 0 spiro atoms. The third kappa shape index (κ3) is 2.36. The lowest BCUT2D eigenvalue weighted by atomic mass is 10.2. The quantitative estimate of drug-likeness (QED) is 0.769. The lowest BCUT2D eigenvalue weighted by Crippen LogP contribution is -1.94. The minimum absolute atomic E-state index is 0.0698. The molecule has 0 aliphatic heterocycles. The van der Waals surface area contributed by atoms with Crippen LogP contribution in [0, 0.1) is 12.7 Å². The molecule has 0 aromatic heterocycles. The molecule has 0 heterocycles. The summed E-state index contributed by atoms with van der Waals surface area (Å²) in [4.78, 5) is 10.9. The molecular weight excluding hydrogens is 255 g/mol. The Labute approximate surface area is 109 Å². The number of carbonyl (C=O) groups is 1. The van der Waals surface area contributed by atoms with Gasteiger partial charge in [0.25, 0.3) is 0 Å². The molecule has 0 saturated carbocycles. The van der Waals surface area contributed by atoms with Crippen molar-refractivity contribution in [2.75, 3.05) is 0 Å². The number of hydrogen-bond acceptors (Lipinski definition) is 2. The van der Waals surface area contributed by atoms with Gasteiger partial charge in [0.1, 0.15) is 5.75 Å². The molecule has 0 N–H and O–H groups in total. The number of benzene rings is 2. The third-order valence-corrected chi connectivity index (χ3v) is 2.84. The topological polar surface area (TPSA) is 26.3 Å². The molecule has 2 aromatic rings. The van der Waals surface area contributed by atoms with E-state index in [1.54, 1.807) is 37.3 Å². The minimum Gasteiger partial charge on any atom is -0.453 e. The second-order valence-electron chi connectivity index (χ2n) is 3.76. The normalized spacial score (nSPS) is 10.2. The summed E-state index contributed by atoms with van der Waals surface area (Å²) in [6.45, 7) is 1.64. The predicted molar refractivity (Wildman–Crippen MR) is 68.1 cm³/mol. The van der Waals surface area contributed by atoms with E-state index in [-0.39, 0.29) is 22.1 Å². The van der Waals surface area contributed by atoms with Gasteiger partial charge < -0.3 is 4.74 Å². The summed E-state index contributed by atoms with van der Waals surface area (Å²) in [5.74, 6) is -0.142. The summed E-state index contributed by atoms with van der Waals surface area (Å²) in [6.07, 6.45) is 0.589. The monoisotopic (exact) mass is 264 g/mol. The van der Waals surface area contributed by atoms with Crippen LogP contribution in [0.25, 0.3) is 0 Å². The minimum atomic E-state index is -0.450. The summed E-state index contributed by atoms with van der Waals surface area (Å²) in [7, 11) is 0. The van der Waals surface area contributed by atoms with E-state index >= 15 is 0 Å². The average molecular weight is 265 g/mol. The number of carbonyl (C=O) groups excluding carboxylic acids is 1. The number of ether oxygens (including phenoxy) is 1. The van der Waals surface area contributed by atoms with Gasteiger partial charge in [-0.05, 0) is 30.7 Å². The van der Waals surface area contributed by atoms with Gasteiger partial charge in [-0.3, -0.25) is 4.79 Å². The molecule has 0 saturated heterocycles. The van der Waals surface area contributed by atoms with Gasteiger partial charge in [-0.25, -0.2) is 4.39 Å². The molecule has 92 valence electrons. The van der Waals surface area contributed by atoms with Gasteiger partial charge in [0.05, 0.1) is 10.6 Å². The van der Waals surface area contributed by atoms with Gasteiger partial charge in [-0.1, -0.05) is 29.8 Å². The molecule has 0 amide bonds. The highest BCUT2D eigenvalue weighted by Crippen LogP contribution is 2.31. The van der Waals surface area contributed by atoms with Crippen molar-refractivity contribution in [3.05, 3.63) is 58.4 Å². The largest absolute Gasteiger partial charge is 0.453 e. The molecule has 0 fully saturated rings. The van der Waals surface area contributed by atoms with Crippen LogP contribution in [-0.4, -0.2) is 6.29 Å². The van der Waals surface area contributed by atoms with E-state index in [9.17, 15) is 9.18 Å². The van der Waals surface area contributed by atoms with E-state index in [0.717, 1.165) is 0 Å². The van der Waals surface area contributed by atoms with Crippen molar-refractivity contribution >= 4 is 17.9 Å². The summed E-state index contributed by atoms with van der Waals surface area (Å²) < 4.78 is 19.2. The zero-order valence-electron chi connectivity index (χ0n) is 9.61. The van der Waals surface area contributed by atoms with Crippen LogP contribution >= 0.6 is 11.6 Å². The smallest absolute Gasteiger partial charge is 0.168 e. The third-order valence-electron chi connectivity index (χ3n) is 2.51. The Morgan fingerprint density at radius 2 is 1.83 bits per heavy atom. The molecular formula is C14H10ClFO2. The number of rotatable bonds is 3. The first kappa shape index (κ1) is 12.6. The zero-order valence-corrected chi connectivity index (χ0v) is 10.4. The first-order chi connectivity index (χ1) is 8.63. The Balaban J connectivity index is 2.43. The number of halogens is 2. The lowest BCUT2D eigenvalue weighted by Gasteiger charge is -2.10. The molecule has 0 bridgehead atoms. The van der Waals surface area contributed by atoms with Crippen LogP contribution < -0.4 is 4.74 Å². The molecule has 4 heteroatoms. The van der Waals surface area contributed by atoms with Gasteiger partial charge in [0.15, 0.2) is 17.9 Å². The molecule has 2 aromatic carbocycles. The van der Waals surface area contributed by atoms with Crippen LogP contribution in [0.15, 0.2) is 36.4 Å². The lowest BCUT2D eigenvalue weighted by molar-refractivity contribution is 0.112. The Bertz CT molecular complexity index is 596. The van der Waals surface area contributed by atoms with Crippen molar-refractivity contribution in [1.82, 2.24) is 0 Å². The van der Waals surface area contributed by atoms with Crippen molar-refractivity contribution in [2.24, 2.45) is 0 Å². The summed E-state index contributed by atoms with van der Waals surface area (Å²) in [6, 6.07) is 9.60. The van der Waals surface area contributed by atoms with Crippen molar-refractivity contribution in [1.29, 1.82) is 0 Å². The fraction of sp³-hybridized carbons (Fsp3) is 0.0714. The van der Waals surface area contributed by atoms with Gasteiger partial charge in [0.2, 0.25) is 0 Å². The highest BCUT2D eigenvalue weighted by molar-refractivity contribution is 6.33. The van der Waals surface area contributed by atoms with E-state index in [0.29, 0.717) is 11.8 Å². The maximum absolute atomic E-state index is 13.8. The highest BCUT2D eigenvalue weighted by Gasteiger charge is 2.11. The van der Waals surface area contributed by atoms with E-state index in [4.69, 9.17) is 16.3 Å². The van der Waals surface area contributed by atoms with Crippen molar-refractivity contribution in [3.8, 4) is 11.5 Å². The van der Waals surface area contributed by atoms with Crippen molar-refractivity contribution in [2.45, 2.75) is 6.92 Å². The maximum atomic E-state index is 13.8. The Morgan fingerprint density at radius 1 is 1.17 bits per heavy atom. The van der Waals surface area contributed by atoms with Crippen LogP contribution in [0.4, 0.5) is 4.39 Å². The van der Waals surface area contributed by atoms with Crippen LogP contribution in [0.3, 0.4) is 0 Å². The van der Waals surface area contributed by atoms with E-state index in [1.807, 2.05) is 0 Å². The maximum Gasteiger partial charge on any atom is 0.168 e. The second kappa shape index (κ2) is 5.19. The number of aryl methyl sites for hydroxylation is 1. The summed E-state index contributed by atoms with van der Waals surface area (Å²) >= 11 is 5.86. The fourth-order valence-corrected chi connectivity index (χ4v) is 1.75. The van der Waals surface area contributed by atoms with Crippen LogP contribution in [0.1, 0.15) is 15.9 Å². The Hall–Kier alpha value is -1.87. The van der Waals surface area contributed by atoms with Gasteiger partial charge >= 0.3 is 0 Å². The standard InChI is InChI=1S/C14H10ClFO2/c1-9-4-2-7-13(14(9)16)18-12-6-3-5-11(15)10(12)8-17/h2-8H,1H3. The molecule has 2 nitrogen and oxygen atoms in total. The van der Waals surface area contributed by atoms with Crippen LogP contribution in [0.5, 0.6) is 11.5 Å². The molecule has 0 atom stereocenters.